The molecule has 0 saturated heterocycles. The van der Waals surface area contributed by atoms with Crippen molar-refractivity contribution in [3.8, 4) is 0 Å². The lowest BCUT2D eigenvalue weighted by Crippen LogP contribution is -2.20. The van der Waals surface area contributed by atoms with E-state index in [4.69, 9.17) is 0 Å². The Morgan fingerprint density at radius 3 is 2.80 bits per heavy atom. The third-order valence-corrected chi connectivity index (χ3v) is 4.15. The molecule has 1 aromatic rings. The molecule has 0 aliphatic carbocycles. The van der Waals surface area contributed by atoms with Gasteiger partial charge in [0.2, 0.25) is 0 Å². The van der Waals surface area contributed by atoms with Crippen molar-refractivity contribution in [3.05, 3.63) is 22.4 Å². The Hall–Kier alpha value is -0.720. The number of methoxy groups -OCH3 is 1. The summed E-state index contributed by atoms with van der Waals surface area (Å²) in [5.74, 6) is -0.890. The second-order valence-corrected chi connectivity index (χ2v) is 6.12. The molecular formula is C9H12O4S2. The van der Waals surface area contributed by atoms with Crippen LogP contribution in [0.1, 0.15) is 9.67 Å². The zero-order valence-corrected chi connectivity index (χ0v) is 9.94. The van der Waals surface area contributed by atoms with Gasteiger partial charge < -0.3 is 4.74 Å². The fourth-order valence-electron chi connectivity index (χ4n) is 0.991. The van der Waals surface area contributed by atoms with Gasteiger partial charge in [0.05, 0.1) is 17.2 Å². The Kier molecular flexibility index (Phi) is 4.44. The highest BCUT2D eigenvalue weighted by Gasteiger charge is 2.18. The number of ketones is 1. The summed E-state index contributed by atoms with van der Waals surface area (Å²) in [4.78, 5) is 12.0. The molecule has 15 heavy (non-hydrogen) atoms. The zero-order valence-electron chi connectivity index (χ0n) is 8.30. The molecule has 0 fully saturated rings. The van der Waals surface area contributed by atoms with E-state index in [9.17, 15) is 13.2 Å². The molecule has 0 amide bonds. The molecule has 1 aromatic heterocycles. The zero-order chi connectivity index (χ0) is 11.3. The van der Waals surface area contributed by atoms with Gasteiger partial charge in [0.15, 0.2) is 15.6 Å². The smallest absolute Gasteiger partial charge is 0.187 e. The van der Waals surface area contributed by atoms with Gasteiger partial charge in [-0.05, 0) is 11.4 Å². The number of sulfone groups is 1. The SMILES string of the molecule is COCCS(=O)(=O)CC(=O)c1cccs1. The van der Waals surface area contributed by atoms with Gasteiger partial charge in [0, 0.05) is 7.11 Å². The fourth-order valence-corrected chi connectivity index (χ4v) is 2.87. The van der Waals surface area contributed by atoms with Gasteiger partial charge in [-0.1, -0.05) is 6.07 Å². The standard InChI is InChI=1S/C9H12O4S2/c1-13-4-6-15(11,12)7-8(10)9-3-2-5-14-9/h2-3,5H,4,6-7H2,1H3. The van der Waals surface area contributed by atoms with Crippen LogP contribution in [0.3, 0.4) is 0 Å². The second-order valence-electron chi connectivity index (χ2n) is 2.99. The average molecular weight is 248 g/mol. The van der Waals surface area contributed by atoms with Crippen molar-refractivity contribution in [1.29, 1.82) is 0 Å². The molecule has 0 unspecified atom stereocenters. The van der Waals surface area contributed by atoms with Crippen LogP contribution in [-0.4, -0.2) is 39.4 Å². The Bertz CT molecular complexity index is 405. The third kappa shape index (κ3) is 4.11. The summed E-state index contributed by atoms with van der Waals surface area (Å²) in [7, 11) is -1.91. The number of Topliss-reactive ketones (excluding diaryl/α,β-unsaturated/α-hetero) is 1. The summed E-state index contributed by atoms with van der Waals surface area (Å²) in [5.41, 5.74) is 0. The van der Waals surface area contributed by atoms with Gasteiger partial charge in [-0.25, -0.2) is 8.42 Å². The van der Waals surface area contributed by atoms with E-state index in [-0.39, 0.29) is 18.1 Å². The molecule has 0 aliphatic rings. The number of thiophene rings is 1. The van der Waals surface area contributed by atoms with E-state index in [1.54, 1.807) is 17.5 Å². The summed E-state index contributed by atoms with van der Waals surface area (Å²) >= 11 is 1.25. The lowest BCUT2D eigenvalue weighted by atomic mass is 10.4. The van der Waals surface area contributed by atoms with Crippen LogP contribution in [0, 0.1) is 0 Å². The monoisotopic (exact) mass is 248 g/mol. The maximum absolute atomic E-state index is 11.5. The maximum atomic E-state index is 11.5. The Labute approximate surface area is 92.8 Å². The van der Waals surface area contributed by atoms with Crippen molar-refractivity contribution in [1.82, 2.24) is 0 Å². The molecule has 0 radical (unpaired) electrons. The van der Waals surface area contributed by atoms with E-state index < -0.39 is 15.6 Å². The number of ether oxygens (including phenoxy) is 1. The lowest BCUT2D eigenvalue weighted by molar-refractivity contribution is 0.102. The summed E-state index contributed by atoms with van der Waals surface area (Å²) < 4.78 is 27.5. The number of hydrogen-bond acceptors (Lipinski definition) is 5. The first-order chi connectivity index (χ1) is 7.05. The fraction of sp³-hybridized carbons (Fsp3) is 0.444. The van der Waals surface area contributed by atoms with Crippen LogP contribution in [0.5, 0.6) is 0 Å². The Balaban J connectivity index is 2.58. The van der Waals surface area contributed by atoms with Crippen LogP contribution < -0.4 is 0 Å². The van der Waals surface area contributed by atoms with E-state index in [2.05, 4.69) is 4.74 Å². The molecule has 0 bridgehead atoms. The highest BCUT2D eigenvalue weighted by Crippen LogP contribution is 2.10. The predicted molar refractivity (Wildman–Crippen MR) is 59.2 cm³/mol. The minimum Gasteiger partial charge on any atom is -0.384 e. The molecular weight excluding hydrogens is 236 g/mol. The number of carbonyl (C=O) groups excluding carboxylic acids is 1. The van der Waals surface area contributed by atoms with Crippen LogP contribution in [0.15, 0.2) is 17.5 Å². The molecule has 0 aliphatic heterocycles. The molecule has 84 valence electrons. The minimum atomic E-state index is -3.34. The molecule has 0 saturated carbocycles. The summed E-state index contributed by atoms with van der Waals surface area (Å²) in [6, 6.07) is 3.35. The van der Waals surface area contributed by atoms with Crippen molar-refractivity contribution in [3.63, 3.8) is 0 Å². The van der Waals surface area contributed by atoms with Gasteiger partial charge >= 0.3 is 0 Å². The van der Waals surface area contributed by atoms with Gasteiger partial charge in [-0.2, -0.15) is 0 Å². The lowest BCUT2D eigenvalue weighted by Gasteiger charge is -2.01. The Morgan fingerprint density at radius 1 is 1.53 bits per heavy atom. The summed E-state index contributed by atoms with van der Waals surface area (Å²) in [5, 5.41) is 1.75. The number of carbonyl (C=O) groups is 1. The van der Waals surface area contributed by atoms with E-state index in [0.29, 0.717) is 4.88 Å². The summed E-state index contributed by atoms with van der Waals surface area (Å²) in [6.45, 7) is 0.125. The van der Waals surface area contributed by atoms with E-state index in [1.165, 1.54) is 18.4 Å². The highest BCUT2D eigenvalue weighted by molar-refractivity contribution is 7.92. The second kappa shape index (κ2) is 5.39. The van der Waals surface area contributed by atoms with Crippen molar-refractivity contribution in [2.45, 2.75) is 0 Å². The van der Waals surface area contributed by atoms with Crippen LogP contribution in [-0.2, 0) is 14.6 Å². The molecule has 0 spiro atoms. The number of rotatable bonds is 6. The predicted octanol–water partition coefficient (Wildman–Crippen LogP) is 0.992. The van der Waals surface area contributed by atoms with Gasteiger partial charge in [0.1, 0.15) is 5.75 Å². The molecule has 1 heterocycles. The molecule has 6 heteroatoms. The topological polar surface area (TPSA) is 60.4 Å². The molecule has 0 aromatic carbocycles. The highest BCUT2D eigenvalue weighted by atomic mass is 32.2. The van der Waals surface area contributed by atoms with Crippen LogP contribution >= 0.6 is 11.3 Å². The van der Waals surface area contributed by atoms with Gasteiger partial charge in [0.25, 0.3) is 0 Å². The molecule has 1 rings (SSSR count). The summed E-state index contributed by atoms with van der Waals surface area (Å²) in [6.07, 6.45) is 0. The third-order valence-electron chi connectivity index (χ3n) is 1.75. The minimum absolute atomic E-state index is 0.111. The first-order valence-electron chi connectivity index (χ1n) is 4.31. The molecule has 0 atom stereocenters. The van der Waals surface area contributed by atoms with Crippen molar-refractivity contribution < 1.29 is 17.9 Å². The Morgan fingerprint density at radius 2 is 2.27 bits per heavy atom. The van der Waals surface area contributed by atoms with Crippen LogP contribution in [0.25, 0.3) is 0 Å². The van der Waals surface area contributed by atoms with Crippen molar-refractivity contribution in [2.24, 2.45) is 0 Å². The molecule has 4 nitrogen and oxygen atoms in total. The van der Waals surface area contributed by atoms with Crippen LogP contribution in [0.2, 0.25) is 0 Å². The largest absolute Gasteiger partial charge is 0.384 e. The average Bonchev–Trinajstić information content (AvgIpc) is 2.67. The molecule has 0 N–H and O–H groups in total. The van der Waals surface area contributed by atoms with E-state index in [1.807, 2.05) is 0 Å². The maximum Gasteiger partial charge on any atom is 0.187 e. The van der Waals surface area contributed by atoms with E-state index in [0.717, 1.165) is 0 Å². The van der Waals surface area contributed by atoms with Crippen LogP contribution in [0.4, 0.5) is 0 Å². The number of hydrogen-bond donors (Lipinski definition) is 0. The van der Waals surface area contributed by atoms with Crippen molar-refractivity contribution >= 4 is 27.0 Å². The van der Waals surface area contributed by atoms with Crippen molar-refractivity contribution in [2.75, 3.05) is 25.2 Å². The quantitative estimate of drug-likeness (QED) is 0.704. The van der Waals surface area contributed by atoms with E-state index >= 15 is 0 Å². The normalized spacial score (nSPS) is 11.5. The first-order valence-corrected chi connectivity index (χ1v) is 7.01. The van der Waals surface area contributed by atoms with Gasteiger partial charge in [-0.15, -0.1) is 11.3 Å². The first kappa shape index (κ1) is 12.4. The van der Waals surface area contributed by atoms with Gasteiger partial charge in [-0.3, -0.25) is 4.79 Å².